The zero-order valence-electron chi connectivity index (χ0n) is 15.9. The van der Waals surface area contributed by atoms with Crippen LogP contribution in [0.25, 0.3) is 0 Å². The molecule has 0 saturated carbocycles. The lowest BCUT2D eigenvalue weighted by Gasteiger charge is -2.39. The van der Waals surface area contributed by atoms with Gasteiger partial charge in [-0.2, -0.15) is 0 Å². The van der Waals surface area contributed by atoms with E-state index in [0.717, 1.165) is 19.3 Å². The Balaban J connectivity index is 1.86. The third-order valence-corrected chi connectivity index (χ3v) is 5.15. The van der Waals surface area contributed by atoms with E-state index in [-0.39, 0.29) is 29.2 Å². The fourth-order valence-electron chi connectivity index (χ4n) is 3.69. The van der Waals surface area contributed by atoms with Crippen molar-refractivity contribution in [3.63, 3.8) is 0 Å². The van der Waals surface area contributed by atoms with Gasteiger partial charge in [0, 0.05) is 29.8 Å². The van der Waals surface area contributed by atoms with Crippen LogP contribution >= 0.6 is 0 Å². The number of piperidine rings is 1. The van der Waals surface area contributed by atoms with Crippen molar-refractivity contribution in [2.24, 2.45) is 0 Å². The highest BCUT2D eigenvalue weighted by atomic mass is 16.6. The molecule has 0 bridgehead atoms. The number of para-hydroxylation sites is 1. The summed E-state index contributed by atoms with van der Waals surface area (Å²) >= 11 is 0. The van der Waals surface area contributed by atoms with Gasteiger partial charge in [-0.3, -0.25) is 19.7 Å². The molecule has 2 aromatic carbocycles. The Labute approximate surface area is 163 Å². The number of anilines is 1. The summed E-state index contributed by atoms with van der Waals surface area (Å²) in [6.45, 7) is 4.08. The summed E-state index contributed by atoms with van der Waals surface area (Å²) in [4.78, 5) is 38.1. The van der Waals surface area contributed by atoms with Crippen LogP contribution < -0.4 is 5.32 Å². The molecule has 2 atom stereocenters. The minimum absolute atomic E-state index is 0.116. The van der Waals surface area contributed by atoms with Crippen molar-refractivity contribution in [2.45, 2.75) is 45.2 Å². The number of hydrogen-bond donors (Lipinski definition) is 1. The predicted octanol–water partition coefficient (Wildman–Crippen LogP) is 4.25. The van der Waals surface area contributed by atoms with Gasteiger partial charge in [0.1, 0.15) is 0 Å². The first kappa shape index (κ1) is 19.5. The molecule has 146 valence electrons. The van der Waals surface area contributed by atoms with Crippen molar-refractivity contribution in [2.75, 3.05) is 5.32 Å². The SMILES string of the molecule is CC1CCCC(C)N1C(=O)c1ccccc1NC(=O)c1cccc([N+](=O)[O-])c1. The van der Waals surface area contributed by atoms with Gasteiger partial charge in [0.15, 0.2) is 0 Å². The topological polar surface area (TPSA) is 92.6 Å². The Morgan fingerprint density at radius 1 is 1.07 bits per heavy atom. The molecular formula is C21H23N3O4. The Hall–Kier alpha value is -3.22. The minimum Gasteiger partial charge on any atom is -0.333 e. The van der Waals surface area contributed by atoms with Gasteiger partial charge >= 0.3 is 0 Å². The van der Waals surface area contributed by atoms with Gasteiger partial charge in [0.25, 0.3) is 17.5 Å². The smallest absolute Gasteiger partial charge is 0.270 e. The molecule has 1 heterocycles. The largest absolute Gasteiger partial charge is 0.333 e. The van der Waals surface area contributed by atoms with E-state index in [0.29, 0.717) is 11.3 Å². The van der Waals surface area contributed by atoms with E-state index >= 15 is 0 Å². The van der Waals surface area contributed by atoms with Crippen molar-refractivity contribution < 1.29 is 14.5 Å². The standard InChI is InChI=1S/C21H23N3O4/c1-14-7-5-8-15(2)23(14)21(26)18-11-3-4-12-19(18)22-20(25)16-9-6-10-17(13-16)24(27)28/h3-4,6,9-15H,5,7-8H2,1-2H3,(H,22,25). The number of non-ortho nitro benzene ring substituents is 1. The maximum Gasteiger partial charge on any atom is 0.270 e. The number of benzene rings is 2. The Bertz CT molecular complexity index is 902. The van der Waals surface area contributed by atoms with Crippen LogP contribution in [0.1, 0.15) is 53.8 Å². The van der Waals surface area contributed by atoms with Crippen molar-refractivity contribution in [3.8, 4) is 0 Å². The summed E-state index contributed by atoms with van der Waals surface area (Å²) in [6, 6.07) is 12.6. The molecule has 7 heteroatoms. The third-order valence-electron chi connectivity index (χ3n) is 5.15. The van der Waals surface area contributed by atoms with Gasteiger partial charge < -0.3 is 10.2 Å². The summed E-state index contributed by atoms with van der Waals surface area (Å²) in [5.74, 6) is -0.613. The number of carbonyl (C=O) groups is 2. The van der Waals surface area contributed by atoms with Crippen LogP contribution in [-0.4, -0.2) is 33.7 Å². The Morgan fingerprint density at radius 2 is 1.75 bits per heavy atom. The molecule has 1 fully saturated rings. The first-order chi connectivity index (χ1) is 13.4. The molecule has 28 heavy (non-hydrogen) atoms. The van der Waals surface area contributed by atoms with Gasteiger partial charge in [-0.15, -0.1) is 0 Å². The van der Waals surface area contributed by atoms with E-state index in [2.05, 4.69) is 5.32 Å². The summed E-state index contributed by atoms with van der Waals surface area (Å²) in [5, 5.41) is 13.7. The van der Waals surface area contributed by atoms with Gasteiger partial charge in [-0.1, -0.05) is 18.2 Å². The molecule has 0 aromatic heterocycles. The highest BCUT2D eigenvalue weighted by Gasteiger charge is 2.31. The average Bonchev–Trinajstić information content (AvgIpc) is 2.68. The Morgan fingerprint density at radius 3 is 2.43 bits per heavy atom. The highest BCUT2D eigenvalue weighted by Crippen LogP contribution is 2.27. The zero-order valence-corrected chi connectivity index (χ0v) is 15.9. The Kier molecular flexibility index (Phi) is 5.73. The third kappa shape index (κ3) is 4.03. The number of carbonyl (C=O) groups excluding carboxylic acids is 2. The normalized spacial score (nSPS) is 19.1. The number of nitrogens with one attached hydrogen (secondary N) is 1. The molecule has 2 unspecified atom stereocenters. The van der Waals surface area contributed by atoms with Crippen LogP contribution in [0.4, 0.5) is 11.4 Å². The molecular weight excluding hydrogens is 358 g/mol. The van der Waals surface area contributed by atoms with Crippen LogP contribution in [-0.2, 0) is 0 Å². The number of amides is 2. The van der Waals surface area contributed by atoms with E-state index in [4.69, 9.17) is 0 Å². The van der Waals surface area contributed by atoms with Crippen LogP contribution in [0.2, 0.25) is 0 Å². The fourth-order valence-corrected chi connectivity index (χ4v) is 3.69. The number of nitro groups is 1. The monoisotopic (exact) mass is 381 g/mol. The van der Waals surface area contributed by atoms with Crippen molar-refractivity contribution in [1.82, 2.24) is 4.90 Å². The molecule has 0 radical (unpaired) electrons. The van der Waals surface area contributed by atoms with Crippen molar-refractivity contribution >= 4 is 23.2 Å². The summed E-state index contributed by atoms with van der Waals surface area (Å²) in [7, 11) is 0. The first-order valence-corrected chi connectivity index (χ1v) is 9.36. The molecule has 1 saturated heterocycles. The average molecular weight is 381 g/mol. The number of nitro benzene ring substituents is 1. The number of likely N-dealkylation sites (tertiary alicyclic amines) is 1. The quantitative estimate of drug-likeness (QED) is 0.633. The van der Waals surface area contributed by atoms with Crippen LogP contribution in [0, 0.1) is 10.1 Å². The minimum atomic E-state index is -0.548. The summed E-state index contributed by atoms with van der Waals surface area (Å²) in [6.07, 6.45) is 3.01. The second-order valence-corrected chi connectivity index (χ2v) is 7.15. The van der Waals surface area contributed by atoms with Crippen LogP contribution in [0.3, 0.4) is 0 Å². The first-order valence-electron chi connectivity index (χ1n) is 9.36. The highest BCUT2D eigenvalue weighted by molar-refractivity contribution is 6.09. The molecule has 0 spiro atoms. The van der Waals surface area contributed by atoms with Gasteiger partial charge in [0.2, 0.25) is 0 Å². The lowest BCUT2D eigenvalue weighted by molar-refractivity contribution is -0.384. The number of hydrogen-bond acceptors (Lipinski definition) is 4. The predicted molar refractivity (Wildman–Crippen MR) is 106 cm³/mol. The van der Waals surface area contributed by atoms with E-state index in [9.17, 15) is 19.7 Å². The van der Waals surface area contributed by atoms with E-state index in [1.165, 1.54) is 24.3 Å². The van der Waals surface area contributed by atoms with Crippen LogP contribution in [0.5, 0.6) is 0 Å². The molecule has 1 aliphatic heterocycles. The molecule has 2 amide bonds. The van der Waals surface area contributed by atoms with E-state index in [1.54, 1.807) is 24.3 Å². The van der Waals surface area contributed by atoms with Gasteiger partial charge in [0.05, 0.1) is 16.2 Å². The van der Waals surface area contributed by atoms with Crippen molar-refractivity contribution in [1.29, 1.82) is 0 Å². The van der Waals surface area contributed by atoms with Crippen LogP contribution in [0.15, 0.2) is 48.5 Å². The van der Waals surface area contributed by atoms with Crippen molar-refractivity contribution in [3.05, 3.63) is 69.8 Å². The molecule has 7 nitrogen and oxygen atoms in total. The zero-order chi connectivity index (χ0) is 20.3. The second-order valence-electron chi connectivity index (χ2n) is 7.15. The van der Waals surface area contributed by atoms with E-state index < -0.39 is 10.8 Å². The molecule has 2 aromatic rings. The lowest BCUT2D eigenvalue weighted by Crippen LogP contribution is -2.47. The lowest BCUT2D eigenvalue weighted by atomic mass is 9.96. The molecule has 3 rings (SSSR count). The molecule has 1 aliphatic rings. The number of rotatable bonds is 4. The molecule has 1 N–H and O–H groups in total. The maximum absolute atomic E-state index is 13.2. The maximum atomic E-state index is 13.2. The summed E-state index contributed by atoms with van der Waals surface area (Å²) < 4.78 is 0. The molecule has 0 aliphatic carbocycles. The fraction of sp³-hybridized carbons (Fsp3) is 0.333. The number of nitrogens with zero attached hydrogens (tertiary/aromatic N) is 2. The summed E-state index contributed by atoms with van der Waals surface area (Å²) in [5.41, 5.74) is 0.819. The van der Waals surface area contributed by atoms with E-state index in [1.807, 2.05) is 18.7 Å². The van der Waals surface area contributed by atoms with Gasteiger partial charge in [-0.05, 0) is 51.3 Å². The second kappa shape index (κ2) is 8.21. The van der Waals surface area contributed by atoms with Gasteiger partial charge in [-0.25, -0.2) is 0 Å².